The molecule has 5 heteroatoms. The first-order valence-electron chi connectivity index (χ1n) is 3.95. The Labute approximate surface area is 107 Å². The molecule has 0 bridgehead atoms. The van der Waals surface area contributed by atoms with E-state index in [1.54, 1.807) is 24.4 Å². The summed E-state index contributed by atoms with van der Waals surface area (Å²) in [6.07, 6.45) is 1.68. The van der Waals surface area contributed by atoms with Gasteiger partial charge in [-0.15, -0.1) is 0 Å². The Hall–Kier alpha value is -0.823. The molecule has 2 aromatic rings. The number of pyridine rings is 1. The first kappa shape index (κ1) is 12.2. The van der Waals surface area contributed by atoms with Crippen LogP contribution in [0.4, 0.5) is 0 Å². The molecule has 1 heterocycles. The molecule has 0 aliphatic heterocycles. The number of fused-ring (bicyclic) bond motifs is 1. The Balaban J connectivity index is 0.00000112. The predicted octanol–water partition coefficient (Wildman–Crippen LogP) is 2.05. The summed E-state index contributed by atoms with van der Waals surface area (Å²) in [5, 5.41) is 9.60. The van der Waals surface area contributed by atoms with Gasteiger partial charge in [0.25, 0.3) is 0 Å². The van der Waals surface area contributed by atoms with E-state index in [0.717, 1.165) is 15.4 Å². The molecule has 0 saturated heterocycles. The van der Waals surface area contributed by atoms with E-state index in [0.29, 0.717) is 0 Å². The van der Waals surface area contributed by atoms with E-state index in [9.17, 15) is 4.79 Å². The van der Waals surface area contributed by atoms with Crippen molar-refractivity contribution in [2.24, 2.45) is 0 Å². The molecular weight excluding hydrogens is 253 g/mol. The van der Waals surface area contributed by atoms with Crippen molar-refractivity contribution in [3.05, 3.63) is 40.5 Å². The fourth-order valence-electron chi connectivity index (χ4n) is 1.24. The van der Waals surface area contributed by atoms with Crippen molar-refractivity contribution in [1.82, 2.24) is 4.98 Å². The topological polar surface area (TPSA) is 50.2 Å². The van der Waals surface area contributed by atoms with Crippen LogP contribution in [0.1, 0.15) is 10.4 Å². The molecule has 3 nitrogen and oxygen atoms in total. The van der Waals surface area contributed by atoms with Gasteiger partial charge in [0.1, 0.15) is 0 Å². The Morgan fingerprint density at radius 1 is 1.33 bits per heavy atom. The summed E-state index contributed by atoms with van der Waals surface area (Å²) in [4.78, 5) is 14.8. The average Bonchev–Trinajstić information content (AvgIpc) is 2.16. The van der Waals surface area contributed by atoms with Gasteiger partial charge in [-0.05, 0) is 40.2 Å². The van der Waals surface area contributed by atoms with Crippen molar-refractivity contribution in [2.75, 3.05) is 0 Å². The molecule has 0 spiro atoms. The second kappa shape index (κ2) is 4.80. The maximum atomic E-state index is 10.7. The van der Waals surface area contributed by atoms with Crippen LogP contribution >= 0.6 is 15.9 Å². The van der Waals surface area contributed by atoms with Crippen molar-refractivity contribution in [3.8, 4) is 0 Å². The van der Waals surface area contributed by atoms with E-state index in [1.165, 1.54) is 0 Å². The van der Waals surface area contributed by atoms with Crippen LogP contribution in [0.5, 0.6) is 0 Å². The normalized spacial score (nSPS) is 9.67. The molecular formula is C10H7BrLiNO2. The number of nitrogens with zero attached hydrogens (tertiary/aromatic N) is 1. The molecule has 0 fully saturated rings. The number of rotatable bonds is 1. The van der Waals surface area contributed by atoms with E-state index in [4.69, 9.17) is 5.11 Å². The minimum atomic E-state index is -0.924. The Kier molecular flexibility index (Phi) is 3.92. The van der Waals surface area contributed by atoms with E-state index < -0.39 is 5.97 Å². The number of carboxylic acids is 1. The van der Waals surface area contributed by atoms with Crippen LogP contribution in [0.3, 0.4) is 0 Å². The number of hydrogen-bond donors (Lipinski definition) is 1. The Morgan fingerprint density at radius 3 is 2.73 bits per heavy atom. The maximum absolute atomic E-state index is 10.7. The van der Waals surface area contributed by atoms with E-state index >= 15 is 0 Å². The van der Waals surface area contributed by atoms with Gasteiger partial charge in [-0.25, -0.2) is 4.79 Å². The molecule has 2 rings (SSSR count). The van der Waals surface area contributed by atoms with Gasteiger partial charge in [-0.3, -0.25) is 4.98 Å². The van der Waals surface area contributed by atoms with Crippen LogP contribution in [0.15, 0.2) is 34.9 Å². The quantitative estimate of drug-likeness (QED) is 0.798. The summed E-state index contributed by atoms with van der Waals surface area (Å²) >= 11 is 3.28. The van der Waals surface area contributed by atoms with Crippen molar-refractivity contribution in [1.29, 1.82) is 0 Å². The molecule has 0 atom stereocenters. The number of hydrogen-bond acceptors (Lipinski definition) is 2. The van der Waals surface area contributed by atoms with Gasteiger partial charge in [0.2, 0.25) is 0 Å². The Morgan fingerprint density at radius 2 is 2.07 bits per heavy atom. The van der Waals surface area contributed by atoms with Crippen LogP contribution in [0.2, 0.25) is 0 Å². The number of halogens is 1. The van der Waals surface area contributed by atoms with Crippen LogP contribution < -0.4 is 0 Å². The first-order chi connectivity index (χ1) is 6.66. The number of aromatic nitrogens is 1. The second-order valence-electron chi connectivity index (χ2n) is 2.87. The SMILES string of the molecule is O=C(O)c1ccc2ncc(Br)cc2c1.[LiH]. The van der Waals surface area contributed by atoms with E-state index in [2.05, 4.69) is 20.9 Å². The van der Waals surface area contributed by atoms with Gasteiger partial charge >= 0.3 is 24.8 Å². The van der Waals surface area contributed by atoms with Gasteiger partial charge in [0.15, 0.2) is 0 Å². The van der Waals surface area contributed by atoms with Crippen LogP contribution in [0.25, 0.3) is 10.9 Å². The zero-order valence-electron chi connectivity index (χ0n) is 7.07. The summed E-state index contributed by atoms with van der Waals surface area (Å²) in [7, 11) is 0. The first-order valence-corrected chi connectivity index (χ1v) is 4.75. The van der Waals surface area contributed by atoms with Crippen LogP contribution in [-0.4, -0.2) is 34.9 Å². The summed E-state index contributed by atoms with van der Waals surface area (Å²) in [5.74, 6) is -0.924. The van der Waals surface area contributed by atoms with Gasteiger partial charge in [-0.1, -0.05) is 0 Å². The zero-order valence-corrected chi connectivity index (χ0v) is 8.65. The molecule has 1 N–H and O–H groups in total. The third kappa shape index (κ3) is 2.60. The standard InChI is InChI=1S/C10H6BrNO2.Li.H/c11-8-4-7-3-6(10(13)14)1-2-9(7)12-5-8;;/h1-5H,(H,13,14);;. The van der Waals surface area contributed by atoms with Crippen molar-refractivity contribution in [2.45, 2.75) is 0 Å². The number of aromatic carboxylic acids is 1. The molecule has 0 radical (unpaired) electrons. The monoisotopic (exact) mass is 259 g/mol. The molecule has 0 unspecified atom stereocenters. The molecule has 72 valence electrons. The van der Waals surface area contributed by atoms with Gasteiger partial charge in [0, 0.05) is 16.1 Å². The van der Waals surface area contributed by atoms with Crippen molar-refractivity contribution >= 4 is 51.7 Å². The van der Waals surface area contributed by atoms with Crippen molar-refractivity contribution < 1.29 is 9.90 Å². The van der Waals surface area contributed by atoms with Crippen LogP contribution in [-0.2, 0) is 0 Å². The summed E-state index contributed by atoms with van der Waals surface area (Å²) in [6, 6.07) is 6.70. The van der Waals surface area contributed by atoms with E-state index in [-0.39, 0.29) is 24.4 Å². The van der Waals surface area contributed by atoms with Gasteiger partial charge in [-0.2, -0.15) is 0 Å². The summed E-state index contributed by atoms with van der Waals surface area (Å²) < 4.78 is 0.840. The minimum absolute atomic E-state index is 0. The molecule has 0 aliphatic carbocycles. The number of benzene rings is 1. The third-order valence-corrected chi connectivity index (χ3v) is 2.33. The second-order valence-corrected chi connectivity index (χ2v) is 3.78. The fourth-order valence-corrected chi connectivity index (χ4v) is 1.59. The fraction of sp³-hybridized carbons (Fsp3) is 0. The third-order valence-electron chi connectivity index (χ3n) is 1.89. The molecule has 1 aromatic heterocycles. The Bertz CT molecular complexity index is 516. The summed E-state index contributed by atoms with van der Waals surface area (Å²) in [6.45, 7) is 0. The van der Waals surface area contributed by atoms with Crippen LogP contribution in [0, 0.1) is 0 Å². The molecule has 0 amide bonds. The van der Waals surface area contributed by atoms with Gasteiger partial charge < -0.3 is 5.11 Å². The number of carbonyl (C=O) groups is 1. The molecule has 0 aliphatic rings. The van der Waals surface area contributed by atoms with Crippen molar-refractivity contribution in [3.63, 3.8) is 0 Å². The van der Waals surface area contributed by atoms with Gasteiger partial charge in [0.05, 0.1) is 11.1 Å². The summed E-state index contributed by atoms with van der Waals surface area (Å²) in [5.41, 5.74) is 1.07. The zero-order chi connectivity index (χ0) is 10.1. The average molecular weight is 260 g/mol. The number of carboxylic acid groups (broad SMARTS) is 1. The molecule has 1 aromatic carbocycles. The van der Waals surface area contributed by atoms with E-state index in [1.807, 2.05) is 6.07 Å². The molecule has 0 saturated carbocycles. The predicted molar refractivity (Wildman–Crippen MR) is 63.6 cm³/mol. The molecule has 15 heavy (non-hydrogen) atoms.